The maximum Gasteiger partial charge on any atom is 0.266 e. The van der Waals surface area contributed by atoms with E-state index in [1.807, 2.05) is 39.0 Å². The van der Waals surface area contributed by atoms with Crippen LogP contribution in [0.15, 0.2) is 35.9 Å². The fraction of sp³-hybridized carbons (Fsp3) is 0.238. The number of amides is 1. The van der Waals surface area contributed by atoms with Crippen LogP contribution in [0.25, 0.3) is 6.08 Å². The lowest BCUT2D eigenvalue weighted by atomic mass is 10.1. The first-order chi connectivity index (χ1) is 12.9. The van der Waals surface area contributed by atoms with E-state index in [1.165, 1.54) is 13.2 Å². The Labute approximate surface area is 164 Å². The van der Waals surface area contributed by atoms with Gasteiger partial charge in [-0.3, -0.25) is 4.79 Å². The van der Waals surface area contributed by atoms with Crippen LogP contribution < -0.4 is 14.8 Å². The maximum atomic E-state index is 12.6. The number of nitrogens with one attached hydrogen (secondary N) is 1. The van der Waals surface area contributed by atoms with Gasteiger partial charge in [0.1, 0.15) is 11.6 Å². The van der Waals surface area contributed by atoms with Gasteiger partial charge in [0.2, 0.25) is 0 Å². The molecule has 6 heteroatoms. The number of nitriles is 1. The van der Waals surface area contributed by atoms with Crippen molar-refractivity contribution in [3.05, 3.63) is 57.6 Å². The van der Waals surface area contributed by atoms with Gasteiger partial charge in [0.15, 0.2) is 11.5 Å². The summed E-state index contributed by atoms with van der Waals surface area (Å²) in [4.78, 5) is 12.6. The number of aryl methyl sites for hydroxylation is 1. The lowest BCUT2D eigenvalue weighted by Crippen LogP contribution is -2.14. The molecule has 1 amide bonds. The summed E-state index contributed by atoms with van der Waals surface area (Å²) in [5.41, 5.74) is 3.09. The summed E-state index contributed by atoms with van der Waals surface area (Å²) in [6.45, 7) is 6.16. The Kier molecular flexibility index (Phi) is 6.86. The van der Waals surface area contributed by atoms with E-state index in [0.717, 1.165) is 11.1 Å². The Morgan fingerprint density at radius 2 is 2.04 bits per heavy atom. The van der Waals surface area contributed by atoms with Gasteiger partial charge >= 0.3 is 0 Å². The molecule has 0 saturated heterocycles. The smallest absolute Gasteiger partial charge is 0.266 e. The van der Waals surface area contributed by atoms with Crippen LogP contribution in [0.3, 0.4) is 0 Å². The minimum absolute atomic E-state index is 0.0644. The summed E-state index contributed by atoms with van der Waals surface area (Å²) in [5.74, 6) is 0.469. The van der Waals surface area contributed by atoms with Gasteiger partial charge in [-0.2, -0.15) is 5.26 Å². The predicted molar refractivity (Wildman–Crippen MR) is 107 cm³/mol. The number of methoxy groups -OCH3 is 1. The van der Waals surface area contributed by atoms with Gasteiger partial charge in [-0.25, -0.2) is 0 Å². The summed E-state index contributed by atoms with van der Waals surface area (Å²) >= 11 is 6.27. The van der Waals surface area contributed by atoms with E-state index in [1.54, 1.807) is 18.2 Å². The van der Waals surface area contributed by atoms with Gasteiger partial charge in [0.25, 0.3) is 5.91 Å². The van der Waals surface area contributed by atoms with E-state index >= 15 is 0 Å². The summed E-state index contributed by atoms with van der Waals surface area (Å²) in [6, 6.07) is 10.8. The van der Waals surface area contributed by atoms with E-state index in [2.05, 4.69) is 5.32 Å². The average Bonchev–Trinajstić information content (AvgIpc) is 2.65. The van der Waals surface area contributed by atoms with Gasteiger partial charge in [0.05, 0.1) is 18.7 Å². The molecule has 0 bridgehead atoms. The predicted octanol–water partition coefficient (Wildman–Crippen LogP) is 4.91. The Bertz CT molecular complexity index is 930. The Morgan fingerprint density at radius 1 is 1.30 bits per heavy atom. The molecule has 27 heavy (non-hydrogen) atoms. The zero-order valence-corrected chi connectivity index (χ0v) is 16.5. The van der Waals surface area contributed by atoms with Crippen LogP contribution in [-0.2, 0) is 4.79 Å². The SMILES string of the molecule is CCOc1cc(/C=C(\C#N)C(=O)Nc2cccc(C)c2C)c(Cl)cc1OC. The lowest BCUT2D eigenvalue weighted by Gasteiger charge is -2.12. The molecule has 0 unspecified atom stereocenters. The highest BCUT2D eigenvalue weighted by Crippen LogP contribution is 2.34. The Balaban J connectivity index is 2.37. The zero-order valence-electron chi connectivity index (χ0n) is 15.7. The molecule has 0 fully saturated rings. The van der Waals surface area contributed by atoms with Crippen LogP contribution in [0, 0.1) is 25.2 Å². The molecule has 0 aliphatic carbocycles. The highest BCUT2D eigenvalue weighted by molar-refractivity contribution is 6.32. The third-order valence-corrected chi connectivity index (χ3v) is 4.43. The van der Waals surface area contributed by atoms with Crippen molar-refractivity contribution in [2.45, 2.75) is 20.8 Å². The van der Waals surface area contributed by atoms with Crippen LogP contribution in [0.1, 0.15) is 23.6 Å². The number of anilines is 1. The van der Waals surface area contributed by atoms with Crippen molar-refractivity contribution in [1.29, 1.82) is 5.26 Å². The maximum absolute atomic E-state index is 12.6. The Morgan fingerprint density at radius 3 is 2.67 bits per heavy atom. The van der Waals surface area contributed by atoms with E-state index in [9.17, 15) is 10.1 Å². The lowest BCUT2D eigenvalue weighted by molar-refractivity contribution is -0.112. The number of carbonyl (C=O) groups is 1. The number of hydrogen-bond donors (Lipinski definition) is 1. The molecule has 0 heterocycles. The van der Waals surface area contributed by atoms with E-state index < -0.39 is 5.91 Å². The molecule has 0 aliphatic rings. The van der Waals surface area contributed by atoms with Crippen molar-refractivity contribution in [2.24, 2.45) is 0 Å². The molecule has 140 valence electrons. The summed E-state index contributed by atoms with van der Waals surface area (Å²) in [5, 5.41) is 12.6. The van der Waals surface area contributed by atoms with Crippen molar-refractivity contribution in [3.63, 3.8) is 0 Å². The largest absolute Gasteiger partial charge is 0.493 e. The fourth-order valence-corrected chi connectivity index (χ4v) is 2.68. The van der Waals surface area contributed by atoms with Gasteiger partial charge in [-0.05, 0) is 55.7 Å². The highest BCUT2D eigenvalue weighted by Gasteiger charge is 2.14. The first-order valence-electron chi connectivity index (χ1n) is 8.41. The van der Waals surface area contributed by atoms with E-state index in [4.69, 9.17) is 21.1 Å². The van der Waals surface area contributed by atoms with Crippen molar-refractivity contribution in [3.8, 4) is 17.6 Å². The number of ether oxygens (including phenoxy) is 2. The second-order valence-corrected chi connectivity index (χ2v) is 6.24. The molecule has 0 atom stereocenters. The zero-order chi connectivity index (χ0) is 20.0. The summed E-state index contributed by atoms with van der Waals surface area (Å²) < 4.78 is 10.8. The molecule has 5 nitrogen and oxygen atoms in total. The third kappa shape index (κ3) is 4.81. The van der Waals surface area contributed by atoms with Crippen LogP contribution >= 0.6 is 11.6 Å². The van der Waals surface area contributed by atoms with Crippen molar-refractivity contribution in [2.75, 3.05) is 19.0 Å². The molecule has 0 spiro atoms. The van der Waals surface area contributed by atoms with E-state index in [-0.39, 0.29) is 5.57 Å². The minimum Gasteiger partial charge on any atom is -0.493 e. The number of halogens is 1. The molecule has 0 aliphatic heterocycles. The minimum atomic E-state index is -0.504. The molecule has 2 rings (SSSR count). The number of carbonyl (C=O) groups excluding carboxylic acids is 1. The average molecular weight is 385 g/mol. The first-order valence-corrected chi connectivity index (χ1v) is 8.78. The van der Waals surface area contributed by atoms with E-state index in [0.29, 0.717) is 34.4 Å². The molecule has 0 radical (unpaired) electrons. The number of rotatable bonds is 6. The monoisotopic (exact) mass is 384 g/mol. The second-order valence-electron chi connectivity index (χ2n) is 5.83. The Hall–Kier alpha value is -2.97. The molecule has 2 aromatic carbocycles. The molecule has 2 aromatic rings. The van der Waals surface area contributed by atoms with Gasteiger partial charge in [-0.1, -0.05) is 23.7 Å². The fourth-order valence-electron chi connectivity index (χ4n) is 2.47. The normalized spacial score (nSPS) is 10.9. The van der Waals surface area contributed by atoms with Crippen molar-refractivity contribution >= 4 is 29.3 Å². The first kappa shape index (κ1) is 20.3. The van der Waals surface area contributed by atoms with Gasteiger partial charge in [-0.15, -0.1) is 0 Å². The second kappa shape index (κ2) is 9.11. The van der Waals surface area contributed by atoms with Crippen LogP contribution in [0.5, 0.6) is 11.5 Å². The molecule has 1 N–H and O–H groups in total. The number of hydrogen-bond acceptors (Lipinski definition) is 4. The molecule has 0 saturated carbocycles. The highest BCUT2D eigenvalue weighted by atomic mass is 35.5. The third-order valence-electron chi connectivity index (χ3n) is 4.10. The number of benzene rings is 2. The molecular weight excluding hydrogens is 364 g/mol. The molecular formula is C21H21ClN2O3. The van der Waals surface area contributed by atoms with Gasteiger partial charge in [0, 0.05) is 11.8 Å². The van der Waals surface area contributed by atoms with Crippen LogP contribution in [-0.4, -0.2) is 19.6 Å². The van der Waals surface area contributed by atoms with Crippen LogP contribution in [0.2, 0.25) is 5.02 Å². The van der Waals surface area contributed by atoms with Gasteiger partial charge < -0.3 is 14.8 Å². The summed E-state index contributed by atoms with van der Waals surface area (Å²) in [6.07, 6.45) is 1.44. The standard InChI is InChI=1S/C21H21ClN2O3/c1-5-27-20-10-15(17(22)11-19(20)26-4)9-16(12-23)21(25)24-18-8-6-7-13(2)14(18)3/h6-11H,5H2,1-4H3,(H,24,25)/b16-9+. The summed E-state index contributed by atoms with van der Waals surface area (Å²) in [7, 11) is 1.52. The van der Waals surface area contributed by atoms with Crippen LogP contribution in [0.4, 0.5) is 5.69 Å². The quantitative estimate of drug-likeness (QED) is 0.567. The topological polar surface area (TPSA) is 71.3 Å². The number of nitrogens with zero attached hydrogens (tertiary/aromatic N) is 1. The molecule has 0 aromatic heterocycles. The van der Waals surface area contributed by atoms with Crippen molar-refractivity contribution < 1.29 is 14.3 Å². The van der Waals surface area contributed by atoms with Crippen molar-refractivity contribution in [1.82, 2.24) is 0 Å².